The van der Waals surface area contributed by atoms with Gasteiger partial charge in [-0.05, 0) is 74.7 Å². The molecule has 0 radical (unpaired) electrons. The standard InChI is InChI=1S/C56H77N7O14.C7H13N.C6H12N2.2C2H2O4.2C2H4O2.2CH3.Gd.2Pt/c1-7-39-40(8-2)44-32-46-42(12-10-18-58-54(65)14-16-56(68)69)38(4)50(63-46)36-60-48-34-52(77-30-28-75-26-24-73-22-20-71-6)51(76-29-27-74-25-23-72-21-19-70-5)33-47(48)59-35-49-37(3)41(45(62-49)31-43(39)61-44)11-9-17-57-53(64)13-15-55(66)67;1-6-4-2-3-5-7(6)8;7-5-3-1-2-4-6(5)8;2*3-1(4)2(5)6;2*1-2(3)4;;;;;/h31-36H,7-30H2,1-6H3,(H5,57,58,59,60,61,62,63,64,65,66,67,68,69);6-8H,1-5H2;5-8H,1-4H2;2*(H,3,4)(H,5,6);2*1H3,(H,3,4);2*1H3;;;/q;2*-2;;;;;2*-1;+2;;+2/p-1. The summed E-state index contributed by atoms with van der Waals surface area (Å²) < 4.78 is 45.4. The second-order valence-corrected chi connectivity index (χ2v) is 25.3. The molecule has 0 saturated heterocycles. The van der Waals surface area contributed by atoms with Gasteiger partial charge in [-0.15, -0.1) is 11.0 Å². The van der Waals surface area contributed by atoms with Gasteiger partial charge in [-0.2, -0.15) is 24.0 Å². The average Bonchev–Trinajstić information content (AvgIpc) is 1.63. The molecule has 4 unspecified atom stereocenters. The molecule has 0 spiro atoms. The molecule has 2 aliphatic carbocycles. The Kier molecular flexibility index (Phi) is 71.2. The maximum Gasteiger partial charge on any atom is 2.00 e. The molecule has 2 saturated carbocycles. The Morgan fingerprint density at radius 1 is 0.483 bits per heavy atom. The number of aryl methyl sites for hydroxylation is 2. The molecule has 4 heterocycles. The third kappa shape index (κ3) is 52.7. The van der Waals surface area contributed by atoms with Crippen LogP contribution in [-0.2, 0) is 131 Å². The van der Waals surface area contributed by atoms with Crippen molar-refractivity contribution in [2.45, 2.75) is 175 Å². The number of hydrogen-bond acceptors (Lipinski definition) is 22. The summed E-state index contributed by atoms with van der Waals surface area (Å²) in [7, 11) is 3.23. The maximum atomic E-state index is 12.4. The summed E-state index contributed by atoms with van der Waals surface area (Å²) in [5.41, 5.74) is 33.0. The summed E-state index contributed by atoms with van der Waals surface area (Å²) in [6.45, 7) is 19.3. The van der Waals surface area contributed by atoms with Crippen LogP contribution in [0.4, 0.5) is 0 Å². The van der Waals surface area contributed by atoms with Gasteiger partial charge >= 0.3 is 96.8 Å². The van der Waals surface area contributed by atoms with Crippen molar-refractivity contribution in [1.82, 2.24) is 35.6 Å². The average molecular weight is 2170 g/mol. The van der Waals surface area contributed by atoms with Crippen molar-refractivity contribution < 1.29 is 209 Å². The Balaban J connectivity index is -0.000000852. The number of aliphatic carboxylic acids is 8. The van der Waals surface area contributed by atoms with Gasteiger partial charge in [-0.3, -0.25) is 38.7 Å². The van der Waals surface area contributed by atoms with Crippen molar-refractivity contribution in [2.24, 2.45) is 5.92 Å². The SMILES string of the molecule is CC(=O)O.CC(=O)O.CCc1c(CC)c2cc3nc(cnc4cc(OCCOCCOCCOC)c(OCCOCCOCCOC)cc4ncc4nc(cc1[n-]2)C(CCCNC(=O)CCC(=O)O)=C4C)C(C)=C3CCCNC(=O)CCC(=O)O.O=C(O)C(=O)O.O=C(O)C(=O)O.[CH2-]C1CCCCC1[NH-].[CH3-].[CH3-].[Gd+2].[NH-]C1CCCCC1[NH-].[Pt+2].[Pt]. The number of nitrogens with zero attached hydrogens (tertiary/aromatic N) is 5. The van der Waals surface area contributed by atoms with E-state index in [2.05, 4.69) is 31.4 Å². The number of benzene rings is 1. The number of hydrogen-bond donors (Lipinski definition) is 10. The van der Waals surface area contributed by atoms with Crippen LogP contribution < -0.4 is 25.1 Å². The molecule has 2 aliphatic heterocycles. The first kappa shape index (κ1) is 119. The molecule has 7 rings (SSSR count). The summed E-state index contributed by atoms with van der Waals surface area (Å²) in [5, 5.41) is 68.2. The van der Waals surface area contributed by atoms with Crippen LogP contribution >= 0.6 is 0 Å². The number of rotatable bonds is 36. The van der Waals surface area contributed by atoms with Gasteiger partial charge in [0.05, 0.1) is 125 Å². The quantitative estimate of drug-likeness (QED) is 0.0147. The molecule has 39 heteroatoms. The van der Waals surface area contributed by atoms with Crippen LogP contribution in [0.15, 0.2) is 36.7 Å². The summed E-state index contributed by atoms with van der Waals surface area (Å²) >= 11 is 0. The molecule has 6 bridgehead atoms. The number of carboxylic acids is 8. The predicted octanol–water partition coefficient (Wildman–Crippen LogP) is 10.8. The van der Waals surface area contributed by atoms with Crippen LogP contribution in [0, 0.1) is 67.6 Å². The van der Waals surface area contributed by atoms with Gasteiger partial charge in [0.25, 0.3) is 11.9 Å². The van der Waals surface area contributed by atoms with Crippen LogP contribution in [0.25, 0.3) is 61.6 Å². The van der Waals surface area contributed by atoms with Gasteiger partial charge in [-0.25, -0.2) is 29.1 Å². The van der Waals surface area contributed by atoms with Crippen molar-refractivity contribution in [3.63, 3.8) is 0 Å². The predicted molar refractivity (Wildman–Crippen MR) is 430 cm³/mol. The number of methoxy groups -OCH3 is 2. The number of ether oxygens (including phenoxy) is 8. The van der Waals surface area contributed by atoms with E-state index >= 15 is 0 Å². The molecule has 672 valence electrons. The van der Waals surface area contributed by atoms with Crippen molar-refractivity contribution in [3.05, 3.63) is 110 Å². The van der Waals surface area contributed by atoms with Crippen LogP contribution in [-0.4, -0.2) is 245 Å². The first-order chi connectivity index (χ1) is 53.7. The largest absolute Gasteiger partial charge is 2.00 e. The zero-order valence-electron chi connectivity index (χ0n) is 68.8. The molecule has 1 aromatic carbocycles. The maximum absolute atomic E-state index is 12.4. The minimum Gasteiger partial charge on any atom is -0.677 e. The number of carbonyl (C=O) groups excluding carboxylic acids is 2. The summed E-state index contributed by atoms with van der Waals surface area (Å²) in [4.78, 5) is 127. The molecule has 2 fully saturated rings. The second-order valence-electron chi connectivity index (χ2n) is 25.3. The number of nitrogens with one attached hydrogen (secondary N) is 5. The molecule has 2 aromatic heterocycles. The zero-order chi connectivity index (χ0) is 84.8. The summed E-state index contributed by atoms with van der Waals surface area (Å²) in [6.07, 6.45) is 15.4. The first-order valence-corrected chi connectivity index (χ1v) is 37.0. The van der Waals surface area contributed by atoms with Gasteiger partial charge in [-0.1, -0.05) is 88.5 Å². The van der Waals surface area contributed by atoms with Crippen LogP contribution in [0.5, 0.6) is 11.5 Å². The second kappa shape index (κ2) is 70.5. The normalized spacial score (nSPS) is 14.5. The van der Waals surface area contributed by atoms with Gasteiger partial charge in [0, 0.05) is 87.2 Å². The Morgan fingerprint density at radius 2 is 0.788 bits per heavy atom. The number of carboxylic acid groups (broad SMARTS) is 8. The number of aromatic nitrogens is 5. The van der Waals surface area contributed by atoms with E-state index in [1.807, 2.05) is 26.0 Å². The zero-order valence-corrected chi connectivity index (χ0v) is 75.6. The van der Waals surface area contributed by atoms with E-state index < -0.39 is 47.8 Å². The third-order valence-electron chi connectivity index (χ3n) is 16.5. The number of carbonyl (C=O) groups is 10. The minimum absolute atomic E-state index is 0. The summed E-state index contributed by atoms with van der Waals surface area (Å²) in [5.74, 6) is -10.5. The molecule has 3 aromatic rings. The Hall–Kier alpha value is -7.22. The fourth-order valence-electron chi connectivity index (χ4n) is 10.8. The number of amides is 2. The van der Waals surface area contributed by atoms with E-state index in [0.29, 0.717) is 156 Å². The van der Waals surface area contributed by atoms with E-state index in [1.54, 1.807) is 38.7 Å². The molecule has 36 nitrogen and oxygen atoms in total. The molecular weight excluding hydrogens is 2050 g/mol. The van der Waals surface area contributed by atoms with Crippen molar-refractivity contribution in [2.75, 3.05) is 107 Å². The topological polar surface area (TPSA) is 567 Å². The van der Waals surface area contributed by atoms with Gasteiger partial charge in [0.2, 0.25) is 11.8 Å². The minimum atomic E-state index is -1.82. The Labute approximate surface area is 751 Å². The van der Waals surface area contributed by atoms with Gasteiger partial charge < -0.3 is 133 Å². The number of allylic oxidation sites excluding steroid dienone is 4. The number of fused-ring (bicyclic) bond motifs is 7. The summed E-state index contributed by atoms with van der Waals surface area (Å²) in [6, 6.07) is 7.54. The fourth-order valence-corrected chi connectivity index (χ4v) is 10.8. The molecular formula is C79H119GdN10O26Pt2-3. The van der Waals surface area contributed by atoms with Crippen molar-refractivity contribution >= 4 is 104 Å². The van der Waals surface area contributed by atoms with Gasteiger partial charge in [0.1, 0.15) is 13.2 Å². The smallest absolute Gasteiger partial charge is 0.677 e. The van der Waals surface area contributed by atoms with E-state index in [9.17, 15) is 19.2 Å². The van der Waals surface area contributed by atoms with Crippen LogP contribution in [0.3, 0.4) is 0 Å². The van der Waals surface area contributed by atoms with E-state index in [1.165, 1.54) is 32.1 Å². The van der Waals surface area contributed by atoms with Crippen molar-refractivity contribution in [1.29, 1.82) is 0 Å². The molecule has 4 aliphatic rings. The van der Waals surface area contributed by atoms with Crippen LogP contribution in [0.1, 0.15) is 178 Å². The molecule has 13 N–H and O–H groups in total. The third-order valence-corrected chi connectivity index (χ3v) is 16.5. The van der Waals surface area contributed by atoms with Crippen LogP contribution in [0.2, 0.25) is 0 Å². The monoisotopic (exact) mass is 2170 g/mol. The molecule has 4 atom stereocenters. The fraction of sp³-hybridized carbons (Fsp3) is 0.557. The van der Waals surface area contributed by atoms with E-state index in [0.717, 1.165) is 77.6 Å². The molecule has 118 heavy (non-hydrogen) atoms. The van der Waals surface area contributed by atoms with Crippen molar-refractivity contribution in [3.8, 4) is 11.5 Å². The van der Waals surface area contributed by atoms with E-state index in [4.69, 9.17) is 150 Å². The Morgan fingerprint density at radius 3 is 1.06 bits per heavy atom. The first-order valence-electron chi connectivity index (χ1n) is 37.0. The van der Waals surface area contributed by atoms with Gasteiger partial charge in [0.15, 0.2) is 11.5 Å². The van der Waals surface area contributed by atoms with E-state index in [-0.39, 0.29) is 179 Å². The Bertz CT molecular complexity index is 3510. The molecule has 2 amide bonds.